The zero-order valence-corrected chi connectivity index (χ0v) is 21.8. The van der Waals surface area contributed by atoms with Gasteiger partial charge in [-0.25, -0.2) is 13.4 Å². The summed E-state index contributed by atoms with van der Waals surface area (Å²) in [6.07, 6.45) is 2.77. The molecule has 0 aliphatic carbocycles. The average Bonchev–Trinajstić information content (AvgIpc) is 3.36. The van der Waals surface area contributed by atoms with E-state index in [1.807, 2.05) is 13.0 Å². The Labute approximate surface area is 213 Å². The van der Waals surface area contributed by atoms with Crippen molar-refractivity contribution in [1.29, 1.82) is 5.26 Å². The zero-order valence-electron chi connectivity index (χ0n) is 20.2. The van der Waals surface area contributed by atoms with Crippen LogP contribution in [0.1, 0.15) is 36.3 Å². The maximum Gasteiger partial charge on any atom is 0.225 e. The van der Waals surface area contributed by atoms with E-state index in [9.17, 15) is 8.42 Å². The quantitative estimate of drug-likeness (QED) is 0.379. The van der Waals surface area contributed by atoms with Gasteiger partial charge in [0.15, 0.2) is 11.6 Å². The van der Waals surface area contributed by atoms with Gasteiger partial charge in [-0.05, 0) is 45.6 Å². The van der Waals surface area contributed by atoms with Crippen LogP contribution in [0.5, 0.6) is 0 Å². The lowest BCUT2D eigenvalue weighted by atomic mass is 9.84. The molecule has 1 unspecified atom stereocenters. The number of nitrogens with zero attached hydrogens (tertiary/aromatic N) is 5. The van der Waals surface area contributed by atoms with Crippen LogP contribution in [0.4, 0.5) is 17.6 Å². The monoisotopic (exact) mass is 527 g/mol. The molecule has 36 heavy (non-hydrogen) atoms. The van der Waals surface area contributed by atoms with Crippen molar-refractivity contribution in [3.05, 3.63) is 22.7 Å². The van der Waals surface area contributed by atoms with Crippen molar-refractivity contribution in [2.24, 2.45) is 5.92 Å². The standard InChI is InChI=1S/C23H29N9O2S2/c1-12-3-20(31-30-12)28-22-21-19(4-13(2)35-21)27-23(29-22)26-15-5-16-7-18(8-17(6-15)25-16)36(33,34)32-10-14(9-24)11-32/h3-4,14-18,25H,5-8,10-11H2,1-2H3,(H3,26,27,28,29,30,31)/t15-,16+,17-,18?. The van der Waals surface area contributed by atoms with E-state index in [4.69, 9.17) is 15.2 Å². The Morgan fingerprint density at radius 3 is 2.56 bits per heavy atom. The number of fused-ring (bicyclic) bond motifs is 3. The molecule has 0 radical (unpaired) electrons. The zero-order chi connectivity index (χ0) is 25.0. The number of anilines is 3. The highest BCUT2D eigenvalue weighted by molar-refractivity contribution is 7.89. The van der Waals surface area contributed by atoms with E-state index >= 15 is 0 Å². The number of aromatic nitrogens is 4. The van der Waals surface area contributed by atoms with Crippen molar-refractivity contribution in [3.63, 3.8) is 0 Å². The van der Waals surface area contributed by atoms with E-state index in [1.165, 1.54) is 4.31 Å². The molecule has 4 atom stereocenters. The smallest absolute Gasteiger partial charge is 0.225 e. The van der Waals surface area contributed by atoms with Gasteiger partial charge in [0, 0.05) is 47.9 Å². The van der Waals surface area contributed by atoms with Gasteiger partial charge < -0.3 is 16.0 Å². The molecule has 190 valence electrons. The third-order valence-corrected chi connectivity index (χ3v) is 10.6. The third kappa shape index (κ3) is 4.43. The molecule has 3 aliphatic rings. The first kappa shape index (κ1) is 23.6. The number of sulfonamides is 1. The average molecular weight is 528 g/mol. The number of hydrogen-bond acceptors (Lipinski definition) is 10. The number of rotatable bonds is 6. The molecule has 3 aliphatic heterocycles. The second-order valence-electron chi connectivity index (χ2n) is 10.2. The highest BCUT2D eigenvalue weighted by Crippen LogP contribution is 2.35. The summed E-state index contributed by atoms with van der Waals surface area (Å²) >= 11 is 1.64. The third-order valence-electron chi connectivity index (χ3n) is 7.30. The van der Waals surface area contributed by atoms with Crippen molar-refractivity contribution in [2.75, 3.05) is 23.7 Å². The van der Waals surface area contributed by atoms with Gasteiger partial charge in [0.2, 0.25) is 16.0 Å². The van der Waals surface area contributed by atoms with E-state index < -0.39 is 10.0 Å². The fourth-order valence-electron chi connectivity index (χ4n) is 5.60. The second kappa shape index (κ2) is 8.95. The fraction of sp³-hybridized carbons (Fsp3) is 0.565. The number of nitriles is 1. The lowest BCUT2D eigenvalue weighted by Gasteiger charge is -2.45. The molecular formula is C23H29N9O2S2. The lowest BCUT2D eigenvalue weighted by Crippen LogP contribution is -2.60. The molecule has 3 saturated heterocycles. The first-order valence-corrected chi connectivity index (χ1v) is 14.6. The molecule has 11 nitrogen and oxygen atoms in total. The minimum Gasteiger partial charge on any atom is -0.351 e. The Morgan fingerprint density at radius 2 is 1.89 bits per heavy atom. The summed E-state index contributed by atoms with van der Waals surface area (Å²) in [7, 11) is -3.36. The van der Waals surface area contributed by atoms with Crippen LogP contribution < -0.4 is 16.0 Å². The number of nitrogens with one attached hydrogen (secondary N) is 4. The molecule has 13 heteroatoms. The molecule has 0 saturated carbocycles. The molecule has 2 bridgehead atoms. The number of aryl methyl sites for hydroxylation is 2. The fourth-order valence-corrected chi connectivity index (χ4v) is 8.64. The van der Waals surface area contributed by atoms with Gasteiger partial charge in [-0.15, -0.1) is 11.3 Å². The summed E-state index contributed by atoms with van der Waals surface area (Å²) in [5.74, 6) is 1.82. The van der Waals surface area contributed by atoms with E-state index in [1.54, 1.807) is 11.3 Å². The number of hydrogen-bond donors (Lipinski definition) is 4. The highest BCUT2D eigenvalue weighted by atomic mass is 32.2. The molecule has 6 rings (SSSR count). The Kier molecular flexibility index (Phi) is 5.87. The van der Waals surface area contributed by atoms with Crippen LogP contribution in [0, 0.1) is 31.1 Å². The Hall–Kier alpha value is -2.79. The van der Waals surface area contributed by atoms with Crippen LogP contribution in [0.3, 0.4) is 0 Å². The van der Waals surface area contributed by atoms with Gasteiger partial charge in [-0.1, -0.05) is 0 Å². The van der Waals surface area contributed by atoms with Crippen molar-refractivity contribution < 1.29 is 8.42 Å². The van der Waals surface area contributed by atoms with Gasteiger partial charge in [0.1, 0.15) is 0 Å². The second-order valence-corrected chi connectivity index (χ2v) is 13.7. The van der Waals surface area contributed by atoms with E-state index in [2.05, 4.69) is 45.2 Å². The molecule has 0 spiro atoms. The highest BCUT2D eigenvalue weighted by Gasteiger charge is 2.46. The maximum absolute atomic E-state index is 13.1. The van der Waals surface area contributed by atoms with Crippen LogP contribution in [-0.2, 0) is 10.0 Å². The molecule has 0 aromatic carbocycles. The minimum absolute atomic E-state index is 0.111. The summed E-state index contributed by atoms with van der Waals surface area (Å²) in [6, 6.07) is 6.52. The van der Waals surface area contributed by atoms with E-state index in [0.29, 0.717) is 37.7 Å². The van der Waals surface area contributed by atoms with Crippen molar-refractivity contribution in [1.82, 2.24) is 29.8 Å². The number of piperidine rings is 2. The van der Waals surface area contributed by atoms with E-state index in [0.717, 1.165) is 39.4 Å². The predicted octanol–water partition coefficient (Wildman–Crippen LogP) is 2.62. The first-order valence-electron chi connectivity index (χ1n) is 12.2. The normalized spacial score (nSPS) is 26.9. The summed E-state index contributed by atoms with van der Waals surface area (Å²) < 4.78 is 28.7. The van der Waals surface area contributed by atoms with Crippen molar-refractivity contribution in [3.8, 4) is 6.07 Å². The maximum atomic E-state index is 13.1. The molecule has 3 aromatic heterocycles. The minimum atomic E-state index is -3.36. The molecule has 0 amide bonds. The summed E-state index contributed by atoms with van der Waals surface area (Å²) in [5.41, 5.74) is 1.85. The largest absolute Gasteiger partial charge is 0.351 e. The summed E-state index contributed by atoms with van der Waals surface area (Å²) in [6.45, 7) is 4.67. The summed E-state index contributed by atoms with van der Waals surface area (Å²) in [5, 5.41) is 26.3. The number of H-pyrrole nitrogens is 1. The Morgan fingerprint density at radius 1 is 1.14 bits per heavy atom. The first-order chi connectivity index (χ1) is 17.3. The van der Waals surface area contributed by atoms with Gasteiger partial charge in [0.25, 0.3) is 0 Å². The van der Waals surface area contributed by atoms with Gasteiger partial charge in [-0.2, -0.15) is 19.6 Å². The molecule has 4 N–H and O–H groups in total. The van der Waals surface area contributed by atoms with Crippen LogP contribution in [0.15, 0.2) is 12.1 Å². The van der Waals surface area contributed by atoms with Crippen LogP contribution in [0.25, 0.3) is 10.2 Å². The van der Waals surface area contributed by atoms with E-state index in [-0.39, 0.29) is 29.3 Å². The van der Waals surface area contributed by atoms with Gasteiger partial charge in [-0.3, -0.25) is 5.10 Å². The number of aromatic amines is 1. The van der Waals surface area contributed by atoms with Crippen LogP contribution >= 0.6 is 11.3 Å². The molecular weight excluding hydrogens is 498 g/mol. The van der Waals surface area contributed by atoms with Crippen molar-refractivity contribution in [2.45, 2.75) is 62.9 Å². The summed E-state index contributed by atoms with van der Waals surface area (Å²) in [4.78, 5) is 10.7. The van der Waals surface area contributed by atoms with Gasteiger partial charge in [0.05, 0.1) is 27.5 Å². The Bertz CT molecular complexity index is 1420. The molecule has 3 aromatic rings. The number of thiophene rings is 1. The van der Waals surface area contributed by atoms with Crippen LogP contribution in [0.2, 0.25) is 0 Å². The topological polar surface area (TPSA) is 152 Å². The Balaban J connectivity index is 1.16. The van der Waals surface area contributed by atoms with Crippen molar-refractivity contribution >= 4 is 49.2 Å². The molecule has 3 fully saturated rings. The van der Waals surface area contributed by atoms with Gasteiger partial charge >= 0.3 is 0 Å². The van der Waals surface area contributed by atoms with Crippen LogP contribution in [-0.4, -0.2) is 69.4 Å². The molecule has 6 heterocycles. The predicted molar refractivity (Wildman–Crippen MR) is 139 cm³/mol. The SMILES string of the molecule is Cc1cc(Nc2nc(N[C@@H]3C[C@H]4CC(S(=O)(=O)N5CC(C#N)C5)C[C@@H](C3)N4)nc3cc(C)sc23)n[nH]1. The lowest BCUT2D eigenvalue weighted by molar-refractivity contribution is 0.211.